The molecule has 0 aromatic rings. The van der Waals surface area contributed by atoms with E-state index >= 15 is 0 Å². The van der Waals surface area contributed by atoms with Crippen molar-refractivity contribution < 1.29 is 9.53 Å². The highest BCUT2D eigenvalue weighted by atomic mass is 16.5. The Bertz CT molecular complexity index is 410. The van der Waals surface area contributed by atoms with Crippen molar-refractivity contribution in [3.8, 4) is 11.3 Å². The zero-order chi connectivity index (χ0) is 9.26. The Labute approximate surface area is 74.3 Å². The summed E-state index contributed by atoms with van der Waals surface area (Å²) in [7, 11) is 1.32. The lowest BCUT2D eigenvalue weighted by molar-refractivity contribution is 0.172. The second kappa shape index (κ2) is 2.85. The molecule has 2 aliphatic rings. The summed E-state index contributed by atoms with van der Waals surface area (Å²) in [6, 6.07) is 0. The van der Waals surface area contributed by atoms with Crippen LogP contribution in [0.5, 0.6) is 0 Å². The number of methoxy groups -OCH3 is 1. The van der Waals surface area contributed by atoms with Crippen LogP contribution in [-0.2, 0) is 4.74 Å². The molecule has 0 saturated carbocycles. The smallest absolute Gasteiger partial charge is 0.418 e. The monoisotopic (exact) mass is 177 g/mol. The molecule has 2 heterocycles. The minimum atomic E-state index is -0.462. The summed E-state index contributed by atoms with van der Waals surface area (Å²) >= 11 is 0. The molecule has 0 fully saturated rings. The molecule has 2 aliphatic heterocycles. The van der Waals surface area contributed by atoms with Gasteiger partial charge in [0, 0.05) is 18.0 Å². The minimum Gasteiger partial charge on any atom is -0.452 e. The van der Waals surface area contributed by atoms with Crippen molar-refractivity contribution in [2.24, 2.45) is 0 Å². The van der Waals surface area contributed by atoms with Crippen molar-refractivity contribution >= 4 is 6.09 Å². The van der Waals surface area contributed by atoms with Gasteiger partial charge in [0.1, 0.15) is 6.33 Å². The number of hydrogen-bond donors (Lipinski definition) is 0. The van der Waals surface area contributed by atoms with Crippen molar-refractivity contribution in [2.75, 3.05) is 7.11 Å². The third kappa shape index (κ3) is 1.24. The van der Waals surface area contributed by atoms with Gasteiger partial charge in [0.15, 0.2) is 0 Å². The molecule has 0 aliphatic carbocycles. The molecule has 2 rings (SSSR count). The molecule has 0 spiro atoms. The van der Waals surface area contributed by atoms with Gasteiger partial charge in [0.05, 0.1) is 19.0 Å². The Morgan fingerprint density at radius 3 is 3.15 bits per heavy atom. The molecule has 13 heavy (non-hydrogen) atoms. The first-order valence-electron chi connectivity index (χ1n) is 3.67. The summed E-state index contributed by atoms with van der Waals surface area (Å²) in [5, 5.41) is 0. The van der Waals surface area contributed by atoms with Gasteiger partial charge in [-0.3, -0.25) is 4.98 Å². The van der Waals surface area contributed by atoms with E-state index in [0.29, 0.717) is 0 Å². The predicted molar refractivity (Wildman–Crippen MR) is 44.4 cm³/mol. The maximum atomic E-state index is 11.1. The summed E-state index contributed by atoms with van der Waals surface area (Å²) in [6.45, 7) is 0. The summed E-state index contributed by atoms with van der Waals surface area (Å²) < 4.78 is 5.79. The lowest BCUT2D eigenvalue weighted by Gasteiger charge is -2.03. The Morgan fingerprint density at radius 1 is 1.54 bits per heavy atom. The third-order valence-corrected chi connectivity index (χ3v) is 1.69. The zero-order valence-corrected chi connectivity index (χ0v) is 6.97. The number of fused-ring (bicyclic) bond motifs is 1. The van der Waals surface area contributed by atoms with Gasteiger partial charge in [0.25, 0.3) is 0 Å². The minimum absolute atomic E-state index is 0.462. The molecular weight excluding hydrogens is 170 g/mol. The van der Waals surface area contributed by atoms with Crippen LogP contribution in [0.25, 0.3) is 11.3 Å². The van der Waals surface area contributed by atoms with Gasteiger partial charge >= 0.3 is 6.09 Å². The van der Waals surface area contributed by atoms with Crippen LogP contribution < -0.4 is 0 Å². The summed E-state index contributed by atoms with van der Waals surface area (Å²) in [4.78, 5) is 19.0. The van der Waals surface area contributed by atoms with Gasteiger partial charge in [-0.05, 0) is 0 Å². The third-order valence-electron chi connectivity index (χ3n) is 1.69. The van der Waals surface area contributed by atoms with Crippen LogP contribution in [0.4, 0.5) is 4.79 Å². The Morgan fingerprint density at radius 2 is 2.38 bits per heavy atom. The maximum Gasteiger partial charge on any atom is 0.418 e. The summed E-state index contributed by atoms with van der Waals surface area (Å²) in [5.41, 5.74) is 1.58. The molecule has 0 bridgehead atoms. The first-order chi connectivity index (χ1) is 6.31. The van der Waals surface area contributed by atoms with Gasteiger partial charge in [-0.1, -0.05) is 0 Å². The van der Waals surface area contributed by atoms with Crippen LogP contribution in [0.2, 0.25) is 0 Å². The van der Waals surface area contributed by atoms with Crippen LogP contribution in [0.3, 0.4) is 0 Å². The number of carbonyl (C=O) groups is 1. The van der Waals surface area contributed by atoms with Crippen molar-refractivity contribution in [1.29, 1.82) is 0 Å². The van der Waals surface area contributed by atoms with Gasteiger partial charge in [0.2, 0.25) is 0 Å². The normalized spacial score (nSPS) is 10.2. The first-order valence-corrected chi connectivity index (χ1v) is 3.67. The topological polar surface area (TPSA) is 57.0 Å². The number of nitrogens with zero attached hydrogens (tertiary/aromatic N) is 3. The average Bonchev–Trinajstić information content (AvgIpc) is 2.63. The molecule has 5 heteroatoms. The van der Waals surface area contributed by atoms with E-state index < -0.39 is 6.09 Å². The molecule has 66 valence electrons. The molecule has 0 aromatic carbocycles. The summed E-state index contributed by atoms with van der Waals surface area (Å²) in [6.07, 6.45) is 5.84. The molecule has 0 aromatic heterocycles. The molecule has 0 radical (unpaired) electrons. The van der Waals surface area contributed by atoms with Gasteiger partial charge in [-0.15, -0.1) is 0 Å². The van der Waals surface area contributed by atoms with Crippen molar-refractivity contribution in [1.82, 2.24) is 14.5 Å². The molecule has 0 saturated heterocycles. The van der Waals surface area contributed by atoms with Crippen LogP contribution in [-0.4, -0.2) is 27.7 Å². The van der Waals surface area contributed by atoms with E-state index in [1.807, 2.05) is 0 Å². The number of hydrogen-bond acceptors (Lipinski definition) is 4. The van der Waals surface area contributed by atoms with E-state index in [0.717, 1.165) is 11.3 Å². The number of ether oxygens (including phenoxy) is 1. The Hall–Kier alpha value is -1.91. The number of rotatable bonds is 0. The van der Waals surface area contributed by atoms with E-state index in [1.54, 1.807) is 18.6 Å². The highest BCUT2D eigenvalue weighted by molar-refractivity contribution is 5.72. The molecule has 0 N–H and O–H groups in total. The molecule has 0 atom stereocenters. The fraction of sp³-hybridized carbons (Fsp3) is 0.125. The van der Waals surface area contributed by atoms with E-state index in [4.69, 9.17) is 0 Å². The first kappa shape index (κ1) is 7.72. The Balaban J connectivity index is 2.49. The average molecular weight is 177 g/mol. The number of aromatic nitrogens is 3. The summed E-state index contributed by atoms with van der Waals surface area (Å²) in [5.74, 6) is 0. The SMILES string of the molecule is COC(=O)n1cnc2cncc-2c1. The Kier molecular flexibility index (Phi) is 1.70. The quantitative estimate of drug-likeness (QED) is 0.602. The van der Waals surface area contributed by atoms with Gasteiger partial charge in [-0.2, -0.15) is 0 Å². The molecule has 0 unspecified atom stereocenters. The van der Waals surface area contributed by atoms with E-state index in [1.165, 1.54) is 18.0 Å². The second-order valence-electron chi connectivity index (χ2n) is 2.50. The van der Waals surface area contributed by atoms with Crippen LogP contribution in [0.1, 0.15) is 0 Å². The maximum absolute atomic E-state index is 11.1. The zero-order valence-electron chi connectivity index (χ0n) is 6.97. The fourth-order valence-electron chi connectivity index (χ4n) is 1.05. The van der Waals surface area contributed by atoms with Gasteiger partial charge in [-0.25, -0.2) is 14.3 Å². The molecular formula is C8H7N3O2. The predicted octanol–water partition coefficient (Wildman–Crippen LogP) is 0.997. The van der Waals surface area contributed by atoms with Gasteiger partial charge < -0.3 is 4.74 Å². The van der Waals surface area contributed by atoms with Crippen molar-refractivity contribution in [3.05, 3.63) is 24.9 Å². The fourth-order valence-corrected chi connectivity index (χ4v) is 1.05. The van der Waals surface area contributed by atoms with Crippen LogP contribution in [0.15, 0.2) is 24.9 Å². The molecule has 5 nitrogen and oxygen atoms in total. The lowest BCUT2D eigenvalue weighted by Crippen LogP contribution is -2.12. The second-order valence-corrected chi connectivity index (χ2v) is 2.50. The van der Waals surface area contributed by atoms with Crippen LogP contribution in [0, 0.1) is 0 Å². The van der Waals surface area contributed by atoms with E-state index in [-0.39, 0.29) is 0 Å². The number of carbonyl (C=O) groups excluding carboxylic acids is 1. The van der Waals surface area contributed by atoms with Crippen LogP contribution >= 0.6 is 0 Å². The highest BCUT2D eigenvalue weighted by Gasteiger charge is 2.08. The molecule has 0 amide bonds. The highest BCUT2D eigenvalue weighted by Crippen LogP contribution is 2.16. The van der Waals surface area contributed by atoms with Crippen molar-refractivity contribution in [2.45, 2.75) is 0 Å². The van der Waals surface area contributed by atoms with E-state index in [2.05, 4.69) is 14.7 Å². The standard InChI is InChI=1S/C8H7N3O2/c1-13-8(12)11-4-6-2-9-3-7(6)10-5-11/h2-5H,1H3. The van der Waals surface area contributed by atoms with Crippen molar-refractivity contribution in [3.63, 3.8) is 0 Å². The van der Waals surface area contributed by atoms with E-state index in [9.17, 15) is 4.79 Å². The largest absolute Gasteiger partial charge is 0.452 e. The lowest BCUT2D eigenvalue weighted by atomic mass is 10.3.